The van der Waals surface area contributed by atoms with Crippen molar-refractivity contribution >= 4 is 23.1 Å². The van der Waals surface area contributed by atoms with Gasteiger partial charge < -0.3 is 27.7 Å². The van der Waals surface area contributed by atoms with E-state index in [4.69, 9.17) is 22.8 Å². The summed E-state index contributed by atoms with van der Waals surface area (Å²) in [5.74, 6) is -0.754. The van der Waals surface area contributed by atoms with Crippen LogP contribution in [0.2, 0.25) is 25.2 Å². The minimum atomic E-state index is -2.12. The molecule has 0 radical (unpaired) electrons. The highest BCUT2D eigenvalue weighted by Crippen LogP contribution is 2.18. The molecule has 0 aromatic heterocycles. The lowest BCUT2D eigenvalue weighted by molar-refractivity contribution is -0.137. The molecule has 0 heterocycles. The van der Waals surface area contributed by atoms with Gasteiger partial charge in [-0.15, -0.1) is 0 Å². The van der Waals surface area contributed by atoms with Crippen LogP contribution in [0.4, 0.5) is 0 Å². The predicted octanol–water partition coefficient (Wildman–Crippen LogP) is 3.83. The molecule has 0 aromatic rings. The molecule has 0 fully saturated rings. The smallest absolute Gasteiger partial charge is 0.334 e. The molecule has 0 aliphatic carbocycles. The van der Waals surface area contributed by atoms with Crippen molar-refractivity contribution in [1.82, 2.24) is 4.90 Å². The number of carbonyl (C=O) groups is 1. The number of carboxylic acids is 1. The standard InChI is InChI=1S/C19H43NO6Si2/c1-7-23-27(5,24-8-2)17-11-14-20(16-13-19(21)22)15-12-18-28(6,25-9-3)26-10-4/h7-18H2,1-6H3,(H,21,22). The highest BCUT2D eigenvalue weighted by atomic mass is 28.4. The first kappa shape index (κ1) is 27.7. The monoisotopic (exact) mass is 437 g/mol. The molecular formula is C19H43NO6Si2. The lowest BCUT2D eigenvalue weighted by atomic mass is 10.3. The molecule has 0 atom stereocenters. The fourth-order valence-electron chi connectivity index (χ4n) is 3.43. The van der Waals surface area contributed by atoms with Crippen LogP contribution in [0.5, 0.6) is 0 Å². The Labute approximate surface area is 174 Å². The normalized spacial score (nSPS) is 12.7. The fourth-order valence-corrected chi connectivity index (χ4v) is 8.22. The molecule has 0 bridgehead atoms. The maximum Gasteiger partial charge on any atom is 0.334 e. The van der Waals surface area contributed by atoms with E-state index in [9.17, 15) is 4.79 Å². The summed E-state index contributed by atoms with van der Waals surface area (Å²) in [6.45, 7) is 17.2. The molecule has 0 saturated carbocycles. The molecule has 0 rings (SSSR count). The molecule has 0 aromatic carbocycles. The van der Waals surface area contributed by atoms with Crippen molar-refractivity contribution < 1.29 is 27.6 Å². The minimum Gasteiger partial charge on any atom is -0.481 e. The van der Waals surface area contributed by atoms with E-state index >= 15 is 0 Å². The Morgan fingerprint density at radius 2 is 1.11 bits per heavy atom. The summed E-state index contributed by atoms with van der Waals surface area (Å²) >= 11 is 0. The van der Waals surface area contributed by atoms with Crippen molar-refractivity contribution in [3.8, 4) is 0 Å². The summed E-state index contributed by atoms with van der Waals surface area (Å²) in [6, 6.07) is 1.84. The molecule has 1 N–H and O–H groups in total. The molecule has 0 amide bonds. The van der Waals surface area contributed by atoms with E-state index in [2.05, 4.69) is 18.0 Å². The maximum absolute atomic E-state index is 11.0. The van der Waals surface area contributed by atoms with Crippen molar-refractivity contribution in [3.63, 3.8) is 0 Å². The molecular weight excluding hydrogens is 394 g/mol. The summed E-state index contributed by atoms with van der Waals surface area (Å²) in [5, 5.41) is 9.06. The van der Waals surface area contributed by atoms with Crippen LogP contribution in [0, 0.1) is 0 Å². The Morgan fingerprint density at radius 1 is 0.750 bits per heavy atom. The average molecular weight is 438 g/mol. The van der Waals surface area contributed by atoms with Gasteiger partial charge in [0.2, 0.25) is 0 Å². The van der Waals surface area contributed by atoms with Gasteiger partial charge in [-0.25, -0.2) is 0 Å². The van der Waals surface area contributed by atoms with E-state index < -0.39 is 23.1 Å². The SMILES string of the molecule is CCO[Si](C)(CCCN(CCC[Si](C)(OCC)OCC)CCC(=O)O)OCC. The molecule has 168 valence electrons. The Bertz CT molecular complexity index is 374. The predicted molar refractivity (Wildman–Crippen MR) is 117 cm³/mol. The maximum atomic E-state index is 11.0. The van der Waals surface area contributed by atoms with E-state index in [0.29, 0.717) is 33.0 Å². The quantitative estimate of drug-likeness (QED) is 0.308. The van der Waals surface area contributed by atoms with Crippen molar-refractivity contribution in [2.45, 2.75) is 72.1 Å². The summed E-state index contributed by atoms with van der Waals surface area (Å²) in [7, 11) is -4.24. The third-order valence-electron chi connectivity index (χ3n) is 4.65. The molecule has 0 aliphatic heterocycles. The van der Waals surface area contributed by atoms with Gasteiger partial charge in [-0.2, -0.15) is 0 Å². The van der Waals surface area contributed by atoms with Crippen LogP contribution in [-0.2, 0) is 22.5 Å². The second-order valence-electron chi connectivity index (χ2n) is 7.19. The third kappa shape index (κ3) is 13.0. The molecule has 28 heavy (non-hydrogen) atoms. The van der Waals surface area contributed by atoms with Gasteiger partial charge in [0.15, 0.2) is 0 Å². The van der Waals surface area contributed by atoms with Gasteiger partial charge in [-0.1, -0.05) is 0 Å². The van der Waals surface area contributed by atoms with Crippen molar-refractivity contribution in [2.75, 3.05) is 46.1 Å². The fraction of sp³-hybridized carbons (Fsp3) is 0.947. The number of rotatable bonds is 19. The highest BCUT2D eigenvalue weighted by Gasteiger charge is 2.31. The lowest BCUT2D eigenvalue weighted by Gasteiger charge is -2.29. The first-order valence-corrected chi connectivity index (χ1v) is 15.8. The zero-order valence-electron chi connectivity index (χ0n) is 18.9. The van der Waals surface area contributed by atoms with Crippen molar-refractivity contribution in [1.29, 1.82) is 0 Å². The van der Waals surface area contributed by atoms with Crippen LogP contribution in [0.15, 0.2) is 0 Å². The van der Waals surface area contributed by atoms with Crippen LogP contribution in [0.25, 0.3) is 0 Å². The molecule has 7 nitrogen and oxygen atoms in total. The van der Waals surface area contributed by atoms with E-state index in [0.717, 1.165) is 38.0 Å². The minimum absolute atomic E-state index is 0.164. The highest BCUT2D eigenvalue weighted by molar-refractivity contribution is 6.66. The zero-order chi connectivity index (χ0) is 21.5. The zero-order valence-corrected chi connectivity index (χ0v) is 20.9. The van der Waals surface area contributed by atoms with Crippen LogP contribution in [0.3, 0.4) is 0 Å². The van der Waals surface area contributed by atoms with Crippen LogP contribution >= 0.6 is 0 Å². The van der Waals surface area contributed by atoms with Gasteiger partial charge in [0, 0.05) is 33.0 Å². The van der Waals surface area contributed by atoms with Crippen molar-refractivity contribution in [3.05, 3.63) is 0 Å². The van der Waals surface area contributed by atoms with Gasteiger partial charge in [-0.05, 0) is 78.8 Å². The second kappa shape index (κ2) is 15.5. The first-order valence-electron chi connectivity index (χ1n) is 10.7. The topological polar surface area (TPSA) is 77.5 Å². The molecule has 0 spiro atoms. The Hall–Kier alpha value is -0.296. The van der Waals surface area contributed by atoms with E-state index in [1.807, 2.05) is 27.7 Å². The van der Waals surface area contributed by atoms with Crippen LogP contribution in [0.1, 0.15) is 47.0 Å². The summed E-state index contributed by atoms with van der Waals surface area (Å²) < 4.78 is 23.6. The van der Waals surface area contributed by atoms with Gasteiger partial charge in [0.05, 0.1) is 6.42 Å². The van der Waals surface area contributed by atoms with Gasteiger partial charge in [0.25, 0.3) is 0 Å². The Morgan fingerprint density at radius 3 is 1.39 bits per heavy atom. The summed E-state index contributed by atoms with van der Waals surface area (Å²) in [4.78, 5) is 13.3. The largest absolute Gasteiger partial charge is 0.481 e. The Balaban J connectivity index is 4.62. The summed E-state index contributed by atoms with van der Waals surface area (Å²) in [6.07, 6.45) is 2.07. The molecule has 0 saturated heterocycles. The van der Waals surface area contributed by atoms with E-state index in [-0.39, 0.29) is 6.42 Å². The van der Waals surface area contributed by atoms with Crippen LogP contribution in [-0.4, -0.2) is 79.2 Å². The molecule has 0 aliphatic rings. The average Bonchev–Trinajstić information content (AvgIpc) is 2.60. The van der Waals surface area contributed by atoms with E-state index in [1.165, 1.54) is 0 Å². The number of nitrogens with zero attached hydrogens (tertiary/aromatic N) is 1. The number of aliphatic carboxylic acids is 1. The molecule has 0 unspecified atom stereocenters. The third-order valence-corrected chi connectivity index (χ3v) is 10.8. The van der Waals surface area contributed by atoms with E-state index in [1.54, 1.807) is 0 Å². The van der Waals surface area contributed by atoms with Crippen molar-refractivity contribution in [2.24, 2.45) is 0 Å². The van der Waals surface area contributed by atoms with Gasteiger partial charge in [0.1, 0.15) is 0 Å². The van der Waals surface area contributed by atoms with Gasteiger partial charge in [-0.3, -0.25) is 4.79 Å². The first-order chi connectivity index (χ1) is 13.2. The number of hydrogen-bond donors (Lipinski definition) is 1. The lowest BCUT2D eigenvalue weighted by Crippen LogP contribution is -2.41. The Kier molecular flexibility index (Phi) is 15.4. The number of carboxylic acid groups (broad SMARTS) is 1. The summed E-state index contributed by atoms with van der Waals surface area (Å²) in [5.41, 5.74) is 0. The van der Waals surface area contributed by atoms with Gasteiger partial charge >= 0.3 is 23.1 Å². The van der Waals surface area contributed by atoms with Crippen LogP contribution < -0.4 is 0 Å². The number of hydrogen-bond acceptors (Lipinski definition) is 6. The molecule has 9 heteroatoms. The second-order valence-corrected chi connectivity index (χ2v) is 13.9.